The molecule has 2 aromatic rings. The maximum Gasteiger partial charge on any atom is 0.131 e. The van der Waals surface area contributed by atoms with Gasteiger partial charge in [-0.25, -0.2) is 8.78 Å². The molecule has 1 unspecified atom stereocenters. The van der Waals surface area contributed by atoms with Crippen molar-refractivity contribution < 1.29 is 13.5 Å². The first-order chi connectivity index (χ1) is 13.0. The molecule has 0 heterocycles. The standard InChI is InChI=1S/C23H31F2NO.ClH/c1-4-5-6-13-26-14-19(23-17(2)9-7-10-18(23)3)15-27-16-20-21(24)11-8-12-22(20)25;/h7-12,19,26H,4-6,13-16H2,1-3H3;1H. The molecule has 0 saturated heterocycles. The lowest BCUT2D eigenvalue weighted by Gasteiger charge is -2.22. The average Bonchev–Trinajstić information content (AvgIpc) is 2.63. The van der Waals surface area contributed by atoms with Crippen LogP contribution in [0.2, 0.25) is 0 Å². The smallest absolute Gasteiger partial charge is 0.131 e. The molecular weight excluding hydrogens is 380 g/mol. The second-order valence-electron chi connectivity index (χ2n) is 7.13. The predicted octanol–water partition coefficient (Wildman–Crippen LogP) is 6.08. The van der Waals surface area contributed by atoms with E-state index in [1.807, 2.05) is 0 Å². The number of nitrogens with one attached hydrogen (secondary N) is 1. The van der Waals surface area contributed by atoms with Crippen LogP contribution >= 0.6 is 12.4 Å². The molecule has 28 heavy (non-hydrogen) atoms. The summed E-state index contributed by atoms with van der Waals surface area (Å²) < 4.78 is 33.4. The zero-order chi connectivity index (χ0) is 19.6. The van der Waals surface area contributed by atoms with E-state index < -0.39 is 11.6 Å². The van der Waals surface area contributed by atoms with E-state index >= 15 is 0 Å². The number of hydrogen-bond acceptors (Lipinski definition) is 2. The summed E-state index contributed by atoms with van der Waals surface area (Å²) in [5, 5.41) is 3.52. The van der Waals surface area contributed by atoms with Gasteiger partial charge in [-0.1, -0.05) is 44.0 Å². The first-order valence-corrected chi connectivity index (χ1v) is 9.82. The second kappa shape index (κ2) is 12.9. The van der Waals surface area contributed by atoms with Crippen molar-refractivity contribution in [1.29, 1.82) is 0 Å². The largest absolute Gasteiger partial charge is 0.376 e. The van der Waals surface area contributed by atoms with Crippen LogP contribution in [0.25, 0.3) is 0 Å². The van der Waals surface area contributed by atoms with Crippen molar-refractivity contribution in [2.75, 3.05) is 19.7 Å². The minimum atomic E-state index is -0.559. The minimum Gasteiger partial charge on any atom is -0.376 e. The van der Waals surface area contributed by atoms with Gasteiger partial charge in [-0.2, -0.15) is 0 Å². The van der Waals surface area contributed by atoms with Crippen molar-refractivity contribution in [1.82, 2.24) is 5.32 Å². The van der Waals surface area contributed by atoms with Gasteiger partial charge < -0.3 is 10.1 Å². The molecule has 0 bridgehead atoms. The van der Waals surface area contributed by atoms with E-state index in [4.69, 9.17) is 4.74 Å². The predicted molar refractivity (Wildman–Crippen MR) is 114 cm³/mol. The van der Waals surface area contributed by atoms with Gasteiger partial charge in [0, 0.05) is 18.0 Å². The Hall–Kier alpha value is -1.49. The topological polar surface area (TPSA) is 21.3 Å². The Morgan fingerprint density at radius 1 is 0.964 bits per heavy atom. The Kier molecular flexibility index (Phi) is 11.3. The highest BCUT2D eigenvalue weighted by Crippen LogP contribution is 2.24. The highest BCUT2D eigenvalue weighted by molar-refractivity contribution is 5.85. The van der Waals surface area contributed by atoms with Crippen LogP contribution in [0.5, 0.6) is 0 Å². The number of rotatable bonds is 11. The third-order valence-electron chi connectivity index (χ3n) is 4.93. The average molecular weight is 412 g/mol. The minimum absolute atomic E-state index is 0. The Morgan fingerprint density at radius 2 is 1.57 bits per heavy atom. The van der Waals surface area contributed by atoms with Gasteiger partial charge in [0.05, 0.1) is 13.2 Å². The number of halogens is 3. The van der Waals surface area contributed by atoms with Crippen molar-refractivity contribution in [2.45, 2.75) is 52.6 Å². The van der Waals surface area contributed by atoms with E-state index in [0.717, 1.165) is 19.5 Å². The third-order valence-corrected chi connectivity index (χ3v) is 4.93. The second-order valence-corrected chi connectivity index (χ2v) is 7.13. The molecule has 2 rings (SSSR count). The van der Waals surface area contributed by atoms with Gasteiger partial charge in [0.25, 0.3) is 0 Å². The third kappa shape index (κ3) is 7.16. The van der Waals surface area contributed by atoms with Crippen LogP contribution < -0.4 is 5.32 Å². The van der Waals surface area contributed by atoms with E-state index in [-0.39, 0.29) is 30.5 Å². The summed E-state index contributed by atoms with van der Waals surface area (Å²) in [6.45, 7) is 8.50. The molecule has 1 N–H and O–H groups in total. The molecule has 2 aromatic carbocycles. The lowest BCUT2D eigenvalue weighted by molar-refractivity contribution is 0.101. The lowest BCUT2D eigenvalue weighted by atomic mass is 9.91. The fourth-order valence-corrected chi connectivity index (χ4v) is 3.47. The van der Waals surface area contributed by atoms with Crippen LogP contribution in [0.1, 0.15) is 54.4 Å². The SMILES string of the molecule is CCCCCNCC(COCc1c(F)cccc1F)c1c(C)cccc1C.Cl. The van der Waals surface area contributed by atoms with Crippen LogP contribution in [-0.4, -0.2) is 19.7 Å². The number of aryl methyl sites for hydroxylation is 2. The zero-order valence-corrected chi connectivity index (χ0v) is 17.9. The van der Waals surface area contributed by atoms with Crippen LogP contribution in [0, 0.1) is 25.5 Å². The van der Waals surface area contributed by atoms with Crippen LogP contribution in [0.4, 0.5) is 8.78 Å². The molecule has 2 nitrogen and oxygen atoms in total. The van der Waals surface area contributed by atoms with Gasteiger partial charge in [-0.3, -0.25) is 0 Å². The molecular formula is C23H32ClF2NO. The summed E-state index contributed by atoms with van der Waals surface area (Å²) in [6.07, 6.45) is 3.56. The quantitative estimate of drug-likeness (QED) is 0.452. The maximum atomic E-state index is 13.8. The van der Waals surface area contributed by atoms with E-state index in [9.17, 15) is 8.78 Å². The first-order valence-electron chi connectivity index (χ1n) is 9.82. The van der Waals surface area contributed by atoms with Gasteiger partial charge in [-0.15, -0.1) is 12.4 Å². The molecule has 0 radical (unpaired) electrons. The Balaban J connectivity index is 0.00000392. The monoisotopic (exact) mass is 411 g/mol. The number of hydrogen-bond donors (Lipinski definition) is 1. The molecule has 0 amide bonds. The Bertz CT molecular complexity index is 683. The maximum absolute atomic E-state index is 13.8. The van der Waals surface area contributed by atoms with Gasteiger partial charge in [0.1, 0.15) is 11.6 Å². The summed E-state index contributed by atoms with van der Waals surface area (Å²) in [7, 11) is 0. The molecule has 0 spiro atoms. The Labute approximate surface area is 174 Å². The summed E-state index contributed by atoms with van der Waals surface area (Å²) in [6, 6.07) is 10.1. The van der Waals surface area contributed by atoms with Crippen molar-refractivity contribution in [3.05, 3.63) is 70.3 Å². The molecule has 0 aromatic heterocycles. The molecule has 1 atom stereocenters. The summed E-state index contributed by atoms with van der Waals surface area (Å²) in [5.74, 6) is -0.977. The van der Waals surface area contributed by atoms with Gasteiger partial charge in [-0.05, 0) is 55.6 Å². The van der Waals surface area contributed by atoms with Crippen molar-refractivity contribution in [3.63, 3.8) is 0 Å². The lowest BCUT2D eigenvalue weighted by Crippen LogP contribution is -2.26. The molecule has 0 aliphatic heterocycles. The Morgan fingerprint density at radius 3 is 2.18 bits per heavy atom. The molecule has 0 aliphatic rings. The van der Waals surface area contributed by atoms with Gasteiger partial charge in [0.2, 0.25) is 0 Å². The van der Waals surface area contributed by atoms with Crippen LogP contribution in [-0.2, 0) is 11.3 Å². The summed E-state index contributed by atoms with van der Waals surface area (Å²) in [4.78, 5) is 0. The van der Waals surface area contributed by atoms with E-state index in [0.29, 0.717) is 6.61 Å². The molecule has 0 saturated carbocycles. The van der Waals surface area contributed by atoms with E-state index in [2.05, 4.69) is 44.3 Å². The van der Waals surface area contributed by atoms with E-state index in [1.165, 1.54) is 47.7 Å². The number of benzene rings is 2. The molecule has 156 valence electrons. The highest BCUT2D eigenvalue weighted by Gasteiger charge is 2.17. The van der Waals surface area contributed by atoms with Gasteiger partial charge >= 0.3 is 0 Å². The van der Waals surface area contributed by atoms with Crippen LogP contribution in [0.15, 0.2) is 36.4 Å². The number of ether oxygens (including phenoxy) is 1. The first kappa shape index (κ1) is 24.5. The van der Waals surface area contributed by atoms with E-state index in [1.54, 1.807) is 0 Å². The zero-order valence-electron chi connectivity index (χ0n) is 17.1. The molecule has 5 heteroatoms. The molecule has 0 fully saturated rings. The van der Waals surface area contributed by atoms with Gasteiger partial charge in [0.15, 0.2) is 0 Å². The fourth-order valence-electron chi connectivity index (χ4n) is 3.47. The molecule has 0 aliphatic carbocycles. The van der Waals surface area contributed by atoms with Crippen molar-refractivity contribution in [3.8, 4) is 0 Å². The fraction of sp³-hybridized carbons (Fsp3) is 0.478. The van der Waals surface area contributed by atoms with Crippen molar-refractivity contribution in [2.24, 2.45) is 0 Å². The van der Waals surface area contributed by atoms with Crippen molar-refractivity contribution >= 4 is 12.4 Å². The normalized spacial score (nSPS) is 11.9. The van der Waals surface area contributed by atoms with Crippen LogP contribution in [0.3, 0.4) is 0 Å². The summed E-state index contributed by atoms with van der Waals surface area (Å²) in [5.41, 5.74) is 3.69. The number of unbranched alkanes of at least 4 members (excludes halogenated alkanes) is 2. The summed E-state index contributed by atoms with van der Waals surface area (Å²) >= 11 is 0. The highest BCUT2D eigenvalue weighted by atomic mass is 35.5.